The fourth-order valence-corrected chi connectivity index (χ4v) is 3.15. The van der Waals surface area contributed by atoms with Crippen molar-refractivity contribution in [3.05, 3.63) is 0 Å². The number of rotatable bonds is 3. The molecular formula is C14H27ClN2O. The van der Waals surface area contributed by atoms with Gasteiger partial charge in [-0.05, 0) is 37.6 Å². The van der Waals surface area contributed by atoms with Gasteiger partial charge in [-0.2, -0.15) is 0 Å². The SMILES string of the molecule is CC1(C)CCCNC1CNC(=O)C1CCCC1.Cl. The highest BCUT2D eigenvalue weighted by Crippen LogP contribution is 2.30. The molecule has 3 nitrogen and oxygen atoms in total. The van der Waals surface area contributed by atoms with Crippen LogP contribution in [0.3, 0.4) is 0 Å². The van der Waals surface area contributed by atoms with Crippen LogP contribution in [0.5, 0.6) is 0 Å². The normalized spacial score (nSPS) is 27.6. The van der Waals surface area contributed by atoms with Crippen LogP contribution in [0.25, 0.3) is 0 Å². The standard InChI is InChI=1S/C14H26N2O.ClH/c1-14(2)8-5-9-15-12(14)10-16-13(17)11-6-3-4-7-11;/h11-12,15H,3-10H2,1-2H3,(H,16,17);1H. The Morgan fingerprint density at radius 3 is 2.56 bits per heavy atom. The monoisotopic (exact) mass is 274 g/mol. The lowest BCUT2D eigenvalue weighted by molar-refractivity contribution is -0.125. The summed E-state index contributed by atoms with van der Waals surface area (Å²) in [5, 5.41) is 6.69. The van der Waals surface area contributed by atoms with E-state index in [-0.39, 0.29) is 18.3 Å². The molecule has 2 rings (SSSR count). The van der Waals surface area contributed by atoms with E-state index >= 15 is 0 Å². The fraction of sp³-hybridized carbons (Fsp3) is 0.929. The Labute approximate surface area is 117 Å². The second kappa shape index (κ2) is 6.76. The van der Waals surface area contributed by atoms with E-state index in [0.29, 0.717) is 17.4 Å². The molecule has 2 N–H and O–H groups in total. The quantitative estimate of drug-likeness (QED) is 0.830. The first-order chi connectivity index (χ1) is 8.09. The van der Waals surface area contributed by atoms with Gasteiger partial charge >= 0.3 is 0 Å². The Kier molecular flexibility index (Phi) is 5.93. The van der Waals surface area contributed by atoms with Crippen molar-refractivity contribution in [3.8, 4) is 0 Å². The number of carbonyl (C=O) groups is 1. The van der Waals surface area contributed by atoms with Crippen molar-refractivity contribution >= 4 is 18.3 Å². The zero-order valence-electron chi connectivity index (χ0n) is 11.6. The van der Waals surface area contributed by atoms with Crippen molar-refractivity contribution in [2.45, 2.75) is 58.4 Å². The number of nitrogens with one attached hydrogen (secondary N) is 2. The van der Waals surface area contributed by atoms with Crippen LogP contribution in [0.2, 0.25) is 0 Å². The van der Waals surface area contributed by atoms with Crippen LogP contribution in [0, 0.1) is 11.3 Å². The summed E-state index contributed by atoms with van der Waals surface area (Å²) in [5.41, 5.74) is 0.307. The second-order valence-corrected chi connectivity index (χ2v) is 6.33. The topological polar surface area (TPSA) is 41.1 Å². The second-order valence-electron chi connectivity index (χ2n) is 6.33. The van der Waals surface area contributed by atoms with Crippen molar-refractivity contribution in [3.63, 3.8) is 0 Å². The van der Waals surface area contributed by atoms with Gasteiger partial charge in [0.15, 0.2) is 0 Å². The van der Waals surface area contributed by atoms with E-state index in [2.05, 4.69) is 24.5 Å². The predicted molar refractivity (Wildman–Crippen MR) is 77.0 cm³/mol. The summed E-state index contributed by atoms with van der Waals surface area (Å²) in [7, 11) is 0. The summed E-state index contributed by atoms with van der Waals surface area (Å²) in [6.07, 6.45) is 7.14. The van der Waals surface area contributed by atoms with Crippen molar-refractivity contribution < 1.29 is 4.79 Å². The molecule has 1 saturated heterocycles. The lowest BCUT2D eigenvalue weighted by Crippen LogP contribution is -2.53. The molecule has 18 heavy (non-hydrogen) atoms. The van der Waals surface area contributed by atoms with Crippen LogP contribution in [-0.2, 0) is 4.79 Å². The maximum absolute atomic E-state index is 12.0. The summed E-state index contributed by atoms with van der Waals surface area (Å²) in [6, 6.07) is 0.432. The Hall–Kier alpha value is -0.280. The number of hydrogen-bond acceptors (Lipinski definition) is 2. The third kappa shape index (κ3) is 3.86. The van der Waals surface area contributed by atoms with Gasteiger partial charge in [0.25, 0.3) is 0 Å². The van der Waals surface area contributed by atoms with E-state index in [1.807, 2.05) is 0 Å². The summed E-state index contributed by atoms with van der Waals surface area (Å²) < 4.78 is 0. The molecule has 0 radical (unpaired) electrons. The maximum atomic E-state index is 12.0. The van der Waals surface area contributed by atoms with Gasteiger partial charge in [0, 0.05) is 18.5 Å². The summed E-state index contributed by atoms with van der Waals surface area (Å²) in [5.74, 6) is 0.576. The van der Waals surface area contributed by atoms with Gasteiger partial charge in [-0.1, -0.05) is 26.7 Å². The third-order valence-electron chi connectivity index (χ3n) is 4.54. The number of halogens is 1. The Morgan fingerprint density at radius 2 is 1.94 bits per heavy atom. The Morgan fingerprint density at radius 1 is 1.28 bits per heavy atom. The Balaban J connectivity index is 0.00000162. The van der Waals surface area contributed by atoms with E-state index in [0.717, 1.165) is 25.9 Å². The minimum absolute atomic E-state index is 0. The number of hydrogen-bond donors (Lipinski definition) is 2. The number of carbonyl (C=O) groups excluding carboxylic acids is 1. The molecule has 1 aliphatic heterocycles. The molecule has 1 aliphatic carbocycles. The van der Waals surface area contributed by atoms with Crippen LogP contribution in [0.15, 0.2) is 0 Å². The molecule has 2 fully saturated rings. The molecule has 1 heterocycles. The average molecular weight is 275 g/mol. The van der Waals surface area contributed by atoms with Gasteiger partial charge in [-0.15, -0.1) is 12.4 Å². The molecule has 1 amide bonds. The Bertz CT molecular complexity index is 275. The summed E-state index contributed by atoms with van der Waals surface area (Å²) in [4.78, 5) is 12.0. The largest absolute Gasteiger partial charge is 0.354 e. The zero-order valence-corrected chi connectivity index (χ0v) is 12.4. The van der Waals surface area contributed by atoms with Crippen LogP contribution >= 0.6 is 12.4 Å². The average Bonchev–Trinajstić information content (AvgIpc) is 2.80. The third-order valence-corrected chi connectivity index (χ3v) is 4.54. The lowest BCUT2D eigenvalue weighted by Gasteiger charge is -2.39. The van der Waals surface area contributed by atoms with Crippen LogP contribution in [0.1, 0.15) is 52.4 Å². The van der Waals surface area contributed by atoms with Crippen molar-refractivity contribution in [1.82, 2.24) is 10.6 Å². The van der Waals surface area contributed by atoms with Crippen LogP contribution in [0.4, 0.5) is 0 Å². The molecule has 1 atom stereocenters. The molecule has 0 aromatic heterocycles. The zero-order chi connectivity index (χ0) is 12.3. The maximum Gasteiger partial charge on any atom is 0.223 e. The molecule has 1 saturated carbocycles. The molecular weight excluding hydrogens is 248 g/mol. The minimum atomic E-state index is 0. The molecule has 4 heteroatoms. The van der Waals surface area contributed by atoms with Gasteiger partial charge in [-0.25, -0.2) is 0 Å². The van der Waals surface area contributed by atoms with Gasteiger partial charge in [-0.3, -0.25) is 4.79 Å². The van der Waals surface area contributed by atoms with E-state index in [4.69, 9.17) is 0 Å². The van der Waals surface area contributed by atoms with Gasteiger partial charge in [0.1, 0.15) is 0 Å². The van der Waals surface area contributed by atoms with Crippen molar-refractivity contribution in [2.24, 2.45) is 11.3 Å². The summed E-state index contributed by atoms with van der Waals surface area (Å²) >= 11 is 0. The molecule has 0 spiro atoms. The molecule has 106 valence electrons. The highest BCUT2D eigenvalue weighted by Gasteiger charge is 2.32. The highest BCUT2D eigenvalue weighted by molar-refractivity contribution is 5.85. The van der Waals surface area contributed by atoms with E-state index in [1.54, 1.807) is 0 Å². The molecule has 2 aliphatic rings. The number of amides is 1. The van der Waals surface area contributed by atoms with E-state index < -0.39 is 0 Å². The number of piperidine rings is 1. The van der Waals surface area contributed by atoms with Crippen LogP contribution in [-0.4, -0.2) is 25.0 Å². The summed E-state index contributed by atoms with van der Waals surface area (Å²) in [6.45, 7) is 6.48. The molecule has 0 bridgehead atoms. The molecule has 1 unspecified atom stereocenters. The van der Waals surface area contributed by atoms with Gasteiger partial charge in [0.2, 0.25) is 5.91 Å². The minimum Gasteiger partial charge on any atom is -0.354 e. The first-order valence-corrected chi connectivity index (χ1v) is 7.11. The van der Waals surface area contributed by atoms with Gasteiger partial charge in [0.05, 0.1) is 0 Å². The smallest absolute Gasteiger partial charge is 0.223 e. The van der Waals surface area contributed by atoms with Crippen LogP contribution < -0.4 is 10.6 Å². The highest BCUT2D eigenvalue weighted by atomic mass is 35.5. The van der Waals surface area contributed by atoms with E-state index in [9.17, 15) is 4.79 Å². The van der Waals surface area contributed by atoms with Crippen molar-refractivity contribution in [1.29, 1.82) is 0 Å². The molecule has 0 aromatic rings. The van der Waals surface area contributed by atoms with Crippen molar-refractivity contribution in [2.75, 3.05) is 13.1 Å². The lowest BCUT2D eigenvalue weighted by atomic mass is 9.77. The first kappa shape index (κ1) is 15.8. The van der Waals surface area contributed by atoms with Gasteiger partial charge < -0.3 is 10.6 Å². The van der Waals surface area contributed by atoms with E-state index in [1.165, 1.54) is 25.7 Å². The first-order valence-electron chi connectivity index (χ1n) is 7.11. The predicted octanol–water partition coefficient (Wildman–Crippen LogP) is 2.49. The fourth-order valence-electron chi connectivity index (χ4n) is 3.15. The molecule has 0 aromatic carbocycles.